The molecule has 4 heteroatoms. The van der Waals surface area contributed by atoms with Crippen molar-refractivity contribution < 1.29 is 0 Å². The lowest BCUT2D eigenvalue weighted by Crippen LogP contribution is -2.15. The average Bonchev–Trinajstić information content (AvgIpc) is 2.71. The quantitative estimate of drug-likeness (QED) is 0.671. The molecule has 1 aliphatic carbocycles. The van der Waals surface area contributed by atoms with E-state index < -0.39 is 0 Å². The summed E-state index contributed by atoms with van der Waals surface area (Å²) in [6.07, 6.45) is 8.73. The molecule has 0 bridgehead atoms. The Labute approximate surface area is 77.2 Å². The fraction of sp³-hybridized carbons (Fsp3) is 0.556. The second-order valence-electron chi connectivity index (χ2n) is 3.40. The van der Waals surface area contributed by atoms with Crippen molar-refractivity contribution in [1.29, 1.82) is 0 Å². The minimum Gasteiger partial charge on any atom is -0.319 e. The molecule has 0 amide bonds. The molecule has 2 rings (SSSR count). The second kappa shape index (κ2) is 3.70. The fourth-order valence-electron chi connectivity index (χ4n) is 1.70. The van der Waals surface area contributed by atoms with Gasteiger partial charge in [-0.3, -0.25) is 0 Å². The maximum absolute atomic E-state index is 6.02. The van der Waals surface area contributed by atoms with E-state index in [1.54, 1.807) is 6.20 Å². The highest BCUT2D eigenvalue weighted by atomic mass is 15.3. The lowest BCUT2D eigenvalue weighted by Gasteiger charge is -2.17. The maximum Gasteiger partial charge on any atom is 0.103 e. The first kappa shape index (κ1) is 8.44. The van der Waals surface area contributed by atoms with Crippen molar-refractivity contribution in [1.82, 2.24) is 15.4 Å². The highest BCUT2D eigenvalue weighted by molar-refractivity contribution is 5.20. The number of aromatic nitrogens is 3. The van der Waals surface area contributed by atoms with Crippen LogP contribution in [0.3, 0.4) is 0 Å². The van der Waals surface area contributed by atoms with Crippen molar-refractivity contribution in [2.75, 3.05) is 0 Å². The van der Waals surface area contributed by atoms with Crippen molar-refractivity contribution in [2.45, 2.75) is 31.7 Å². The fourth-order valence-corrected chi connectivity index (χ4v) is 1.70. The molecule has 0 radical (unpaired) electrons. The van der Waals surface area contributed by atoms with E-state index in [0.29, 0.717) is 0 Å². The van der Waals surface area contributed by atoms with Crippen LogP contribution in [0.2, 0.25) is 0 Å². The van der Waals surface area contributed by atoms with Gasteiger partial charge < -0.3 is 5.73 Å². The zero-order valence-corrected chi connectivity index (χ0v) is 7.53. The van der Waals surface area contributed by atoms with Crippen molar-refractivity contribution in [3.05, 3.63) is 23.5 Å². The Hall–Kier alpha value is -1.16. The molecular weight excluding hydrogens is 164 g/mol. The highest BCUT2D eigenvalue weighted by Crippen LogP contribution is 2.26. The van der Waals surface area contributed by atoms with Crippen LogP contribution in [0.4, 0.5) is 0 Å². The standard InChI is InChI=1S/C9H14N4/c10-9(8-6-11-13-12-8)7-4-2-1-3-5-7/h4,6,9H,1-3,5,10H2,(H,11,12,13). The molecule has 1 aliphatic rings. The lowest BCUT2D eigenvalue weighted by molar-refractivity contribution is 0.640. The number of allylic oxidation sites excluding steroid dienone is 1. The van der Waals surface area contributed by atoms with Crippen molar-refractivity contribution in [3.8, 4) is 0 Å². The smallest absolute Gasteiger partial charge is 0.103 e. The molecule has 1 heterocycles. The average molecular weight is 178 g/mol. The molecule has 0 saturated carbocycles. The lowest BCUT2D eigenvalue weighted by atomic mass is 9.93. The van der Waals surface area contributed by atoms with Gasteiger partial charge in [0.1, 0.15) is 5.69 Å². The Morgan fingerprint density at radius 1 is 1.46 bits per heavy atom. The van der Waals surface area contributed by atoms with Gasteiger partial charge in [-0.1, -0.05) is 11.6 Å². The molecule has 1 aromatic rings. The minimum absolute atomic E-state index is 0.0564. The molecule has 0 aromatic carbocycles. The molecule has 0 fully saturated rings. The molecule has 0 saturated heterocycles. The molecule has 13 heavy (non-hydrogen) atoms. The topological polar surface area (TPSA) is 67.6 Å². The predicted molar refractivity (Wildman–Crippen MR) is 49.9 cm³/mol. The number of nitrogens with two attached hydrogens (primary N) is 1. The number of hydrogen-bond donors (Lipinski definition) is 2. The third kappa shape index (κ3) is 1.78. The van der Waals surface area contributed by atoms with E-state index in [1.165, 1.54) is 18.4 Å². The van der Waals surface area contributed by atoms with Crippen LogP contribution in [0, 0.1) is 0 Å². The van der Waals surface area contributed by atoms with Crippen molar-refractivity contribution in [3.63, 3.8) is 0 Å². The molecule has 1 atom stereocenters. The van der Waals surface area contributed by atoms with Gasteiger partial charge in [-0.15, -0.1) is 0 Å². The first-order valence-corrected chi connectivity index (χ1v) is 4.68. The minimum atomic E-state index is -0.0564. The Balaban J connectivity index is 2.12. The molecule has 1 unspecified atom stereocenters. The highest BCUT2D eigenvalue weighted by Gasteiger charge is 2.15. The zero-order chi connectivity index (χ0) is 9.10. The Kier molecular flexibility index (Phi) is 2.40. The van der Waals surface area contributed by atoms with Gasteiger partial charge in [0.2, 0.25) is 0 Å². The van der Waals surface area contributed by atoms with Gasteiger partial charge in [0.15, 0.2) is 0 Å². The van der Waals surface area contributed by atoms with E-state index in [-0.39, 0.29) is 6.04 Å². The van der Waals surface area contributed by atoms with Crippen LogP contribution in [0.1, 0.15) is 37.4 Å². The van der Waals surface area contributed by atoms with Crippen molar-refractivity contribution >= 4 is 0 Å². The van der Waals surface area contributed by atoms with Crippen LogP contribution in [-0.2, 0) is 0 Å². The normalized spacial score (nSPS) is 19.6. The van der Waals surface area contributed by atoms with Crippen LogP contribution in [0.15, 0.2) is 17.8 Å². The summed E-state index contributed by atoms with van der Waals surface area (Å²) in [5.74, 6) is 0. The number of nitrogens with one attached hydrogen (secondary N) is 1. The van der Waals surface area contributed by atoms with Gasteiger partial charge in [0.25, 0.3) is 0 Å². The largest absolute Gasteiger partial charge is 0.319 e. The van der Waals surface area contributed by atoms with E-state index in [9.17, 15) is 0 Å². The van der Waals surface area contributed by atoms with E-state index in [2.05, 4.69) is 21.5 Å². The number of aromatic amines is 1. The van der Waals surface area contributed by atoms with E-state index in [4.69, 9.17) is 5.73 Å². The van der Waals surface area contributed by atoms with Gasteiger partial charge in [-0.05, 0) is 25.7 Å². The predicted octanol–water partition coefficient (Wildman–Crippen LogP) is 1.30. The first-order valence-electron chi connectivity index (χ1n) is 4.68. The van der Waals surface area contributed by atoms with Gasteiger partial charge in [-0.2, -0.15) is 15.4 Å². The summed E-state index contributed by atoms with van der Waals surface area (Å²) in [5, 5.41) is 10.3. The molecular formula is C9H14N4. The molecule has 3 N–H and O–H groups in total. The third-order valence-corrected chi connectivity index (χ3v) is 2.48. The van der Waals surface area contributed by atoms with Crippen LogP contribution in [0.25, 0.3) is 0 Å². The maximum atomic E-state index is 6.02. The summed E-state index contributed by atoms with van der Waals surface area (Å²) in [6.45, 7) is 0. The van der Waals surface area contributed by atoms with Crippen LogP contribution >= 0.6 is 0 Å². The summed E-state index contributed by atoms with van der Waals surface area (Å²) in [6, 6.07) is -0.0564. The second-order valence-corrected chi connectivity index (χ2v) is 3.40. The van der Waals surface area contributed by atoms with E-state index in [0.717, 1.165) is 18.5 Å². The summed E-state index contributed by atoms with van der Waals surface area (Å²) >= 11 is 0. The Morgan fingerprint density at radius 3 is 3.00 bits per heavy atom. The number of nitrogens with zero attached hydrogens (tertiary/aromatic N) is 2. The van der Waals surface area contributed by atoms with Crippen LogP contribution in [0.5, 0.6) is 0 Å². The monoisotopic (exact) mass is 178 g/mol. The van der Waals surface area contributed by atoms with Gasteiger partial charge in [0.05, 0.1) is 12.2 Å². The molecule has 0 aliphatic heterocycles. The SMILES string of the molecule is NC(C1=CCCCC1)c1cn[nH]n1. The molecule has 4 nitrogen and oxygen atoms in total. The molecule has 1 aromatic heterocycles. The van der Waals surface area contributed by atoms with E-state index in [1.807, 2.05) is 0 Å². The number of rotatable bonds is 2. The zero-order valence-electron chi connectivity index (χ0n) is 7.53. The summed E-state index contributed by atoms with van der Waals surface area (Å²) < 4.78 is 0. The summed E-state index contributed by atoms with van der Waals surface area (Å²) in [7, 11) is 0. The number of hydrogen-bond acceptors (Lipinski definition) is 3. The first-order chi connectivity index (χ1) is 6.38. The van der Waals surface area contributed by atoms with Crippen molar-refractivity contribution in [2.24, 2.45) is 5.73 Å². The molecule has 0 spiro atoms. The van der Waals surface area contributed by atoms with Gasteiger partial charge in [0, 0.05) is 0 Å². The number of H-pyrrole nitrogens is 1. The Bertz CT molecular complexity index is 289. The van der Waals surface area contributed by atoms with E-state index >= 15 is 0 Å². The molecule has 70 valence electrons. The van der Waals surface area contributed by atoms with Gasteiger partial charge >= 0.3 is 0 Å². The van der Waals surface area contributed by atoms with Gasteiger partial charge in [-0.25, -0.2) is 0 Å². The van der Waals surface area contributed by atoms with Crippen LogP contribution < -0.4 is 5.73 Å². The summed E-state index contributed by atoms with van der Waals surface area (Å²) in [5.41, 5.74) is 8.17. The summed E-state index contributed by atoms with van der Waals surface area (Å²) in [4.78, 5) is 0. The van der Waals surface area contributed by atoms with Crippen LogP contribution in [-0.4, -0.2) is 15.4 Å². The Morgan fingerprint density at radius 2 is 2.38 bits per heavy atom. The third-order valence-electron chi connectivity index (χ3n) is 2.48.